The smallest absolute Gasteiger partial charge is 0.351 e. The van der Waals surface area contributed by atoms with Gasteiger partial charge in [0.2, 0.25) is 0 Å². The second-order valence-electron chi connectivity index (χ2n) is 9.39. The van der Waals surface area contributed by atoms with E-state index in [1.165, 1.54) is 60.2 Å². The topological polar surface area (TPSA) is 26.3 Å². The molecule has 0 amide bonds. The van der Waals surface area contributed by atoms with Crippen molar-refractivity contribution < 1.29 is 13.9 Å². The Bertz CT molecular complexity index is 1990. The summed E-state index contributed by atoms with van der Waals surface area (Å²) in [6.07, 6.45) is 0. The predicted octanol–water partition coefficient (Wildman–Crippen LogP) is 10.9. The van der Waals surface area contributed by atoms with Crippen molar-refractivity contribution in [2.24, 2.45) is 0 Å². The van der Waals surface area contributed by atoms with Gasteiger partial charge in [-0.1, -0.05) is 60.7 Å². The number of hydrogen-bond donors (Lipinski definition) is 0. The lowest BCUT2D eigenvalue weighted by molar-refractivity contribution is 0.0602. The monoisotopic (exact) mass is 584 g/mol. The number of hydrogen-bond acceptors (Lipinski definition) is 6. The fourth-order valence-corrected chi connectivity index (χ4v) is 10.4. The first-order chi connectivity index (χ1) is 19.0. The van der Waals surface area contributed by atoms with Crippen molar-refractivity contribution in [2.45, 2.75) is 13.8 Å². The van der Waals surface area contributed by atoms with Crippen LogP contribution in [0, 0.1) is 19.7 Å². The second-order valence-corrected chi connectivity index (χ2v) is 13.5. The summed E-state index contributed by atoms with van der Waals surface area (Å²) < 4.78 is 24.0. The van der Waals surface area contributed by atoms with Gasteiger partial charge in [0, 0.05) is 29.4 Å². The molecule has 3 aromatic carbocycles. The third-order valence-electron chi connectivity index (χ3n) is 7.13. The third-order valence-corrected chi connectivity index (χ3v) is 12.4. The fourth-order valence-electron chi connectivity index (χ4n) is 5.15. The number of ether oxygens (including phenoxy) is 1. The van der Waals surface area contributed by atoms with E-state index in [-0.39, 0.29) is 4.88 Å². The molecule has 0 aliphatic rings. The number of carbonyl (C=O) groups is 1. The molecule has 0 bridgehead atoms. The molecule has 2 nitrogen and oxygen atoms in total. The van der Waals surface area contributed by atoms with E-state index >= 15 is 4.39 Å². The first kappa shape index (κ1) is 24.7. The number of esters is 1. The second kappa shape index (κ2) is 9.38. The number of aryl methyl sites for hydroxylation is 2. The van der Waals surface area contributed by atoms with Crippen molar-refractivity contribution in [1.29, 1.82) is 0 Å². The van der Waals surface area contributed by atoms with Crippen LogP contribution >= 0.6 is 45.3 Å². The number of carbonyl (C=O) groups excluding carboxylic acids is 1. The van der Waals surface area contributed by atoms with Crippen molar-refractivity contribution in [3.63, 3.8) is 0 Å². The number of halogens is 1. The molecule has 0 spiro atoms. The minimum absolute atomic E-state index is 0.0242. The summed E-state index contributed by atoms with van der Waals surface area (Å²) in [6.45, 7) is 4.40. The average Bonchev–Trinajstić information content (AvgIpc) is 3.75. The predicted molar refractivity (Wildman–Crippen MR) is 168 cm³/mol. The van der Waals surface area contributed by atoms with E-state index in [0.29, 0.717) is 5.39 Å². The van der Waals surface area contributed by atoms with Gasteiger partial charge >= 0.3 is 5.97 Å². The fraction of sp³-hybridized carbons (Fsp3) is 0.0938. The number of rotatable bonds is 4. The van der Waals surface area contributed by atoms with Crippen molar-refractivity contribution in [3.8, 4) is 30.6 Å². The first-order valence-electron chi connectivity index (χ1n) is 12.4. The standard InChI is InChI=1S/C32H21FO2S4/c1-16-20-14-22(18-10-6-4-7-11-18)36-26(20)17(2)21-15-23(37-27(16)21)29-30-24(25(33)31(39-30)32(34)35-3)28(38-29)19-12-8-5-9-13-19/h4-15H,1-3H3. The minimum Gasteiger partial charge on any atom is -0.465 e. The van der Waals surface area contributed by atoms with Crippen molar-refractivity contribution in [1.82, 2.24) is 0 Å². The normalized spacial score (nSPS) is 11.7. The van der Waals surface area contributed by atoms with Gasteiger partial charge in [-0.3, -0.25) is 0 Å². The molecule has 0 fully saturated rings. The molecule has 0 N–H and O–H groups in total. The molecule has 7 heteroatoms. The molecule has 7 rings (SSSR count). The molecule has 0 saturated carbocycles. The van der Waals surface area contributed by atoms with E-state index in [2.05, 4.69) is 50.2 Å². The quantitative estimate of drug-likeness (QED) is 0.192. The Morgan fingerprint density at radius 2 is 1.26 bits per heavy atom. The zero-order valence-electron chi connectivity index (χ0n) is 21.3. The maximum Gasteiger partial charge on any atom is 0.351 e. The summed E-state index contributed by atoms with van der Waals surface area (Å²) in [5, 5.41) is 3.02. The van der Waals surface area contributed by atoms with Crippen LogP contribution in [0.25, 0.3) is 60.9 Å². The minimum atomic E-state index is -0.638. The molecule has 4 heterocycles. The molecule has 4 aromatic heterocycles. The van der Waals surface area contributed by atoms with Crippen LogP contribution in [0.3, 0.4) is 0 Å². The van der Waals surface area contributed by atoms with Gasteiger partial charge < -0.3 is 4.74 Å². The van der Waals surface area contributed by atoms with E-state index in [9.17, 15) is 4.79 Å². The van der Waals surface area contributed by atoms with E-state index in [4.69, 9.17) is 4.74 Å². The average molecular weight is 585 g/mol. The zero-order chi connectivity index (χ0) is 26.8. The van der Waals surface area contributed by atoms with Crippen LogP contribution in [0.2, 0.25) is 0 Å². The van der Waals surface area contributed by atoms with Gasteiger partial charge in [-0.05, 0) is 59.0 Å². The molecule has 0 aliphatic carbocycles. The van der Waals surface area contributed by atoms with Gasteiger partial charge in [0.05, 0.1) is 16.7 Å². The molecule has 7 aromatic rings. The Labute approximate surface area is 240 Å². The lowest BCUT2D eigenvalue weighted by Crippen LogP contribution is -2.00. The largest absolute Gasteiger partial charge is 0.465 e. The molecule has 192 valence electrons. The molecule has 0 atom stereocenters. The Kier molecular flexibility index (Phi) is 5.93. The van der Waals surface area contributed by atoms with Crippen LogP contribution < -0.4 is 0 Å². The zero-order valence-corrected chi connectivity index (χ0v) is 24.5. The Morgan fingerprint density at radius 1 is 0.692 bits per heavy atom. The summed E-state index contributed by atoms with van der Waals surface area (Å²) in [4.78, 5) is 16.6. The van der Waals surface area contributed by atoms with E-state index in [0.717, 1.165) is 24.9 Å². The number of benzene rings is 3. The molecule has 0 aliphatic heterocycles. The van der Waals surface area contributed by atoms with Crippen LogP contribution in [-0.4, -0.2) is 13.1 Å². The summed E-state index contributed by atoms with van der Waals surface area (Å²) in [7, 11) is 1.29. The van der Waals surface area contributed by atoms with Gasteiger partial charge in [0.25, 0.3) is 0 Å². The highest BCUT2D eigenvalue weighted by Crippen LogP contribution is 2.53. The van der Waals surface area contributed by atoms with Gasteiger partial charge in [-0.2, -0.15) is 0 Å². The summed E-state index contributed by atoms with van der Waals surface area (Å²) in [5.41, 5.74) is 4.71. The van der Waals surface area contributed by atoms with E-state index in [1.54, 1.807) is 22.7 Å². The Hall–Kier alpha value is -3.36. The SMILES string of the molecule is COC(=O)c1sc2c(-c3cc4c(C)c5sc(-c6ccccc6)cc5c(C)c4s3)sc(-c3ccccc3)c2c1F. The van der Waals surface area contributed by atoms with Crippen LogP contribution in [0.5, 0.6) is 0 Å². The number of fused-ring (bicyclic) bond motifs is 3. The number of methoxy groups -OCH3 is 1. The van der Waals surface area contributed by atoms with Crippen molar-refractivity contribution >= 4 is 81.6 Å². The van der Waals surface area contributed by atoms with Gasteiger partial charge in [-0.25, -0.2) is 9.18 Å². The van der Waals surface area contributed by atoms with Crippen LogP contribution in [0.15, 0.2) is 72.8 Å². The maximum atomic E-state index is 15.7. The highest BCUT2D eigenvalue weighted by atomic mass is 32.1. The lowest BCUT2D eigenvalue weighted by Gasteiger charge is -2.03. The summed E-state index contributed by atoms with van der Waals surface area (Å²) in [6, 6.07) is 24.9. The Balaban J connectivity index is 1.46. The highest BCUT2D eigenvalue weighted by Gasteiger charge is 2.28. The number of thiophene rings is 4. The van der Waals surface area contributed by atoms with E-state index < -0.39 is 11.8 Å². The molecule has 0 radical (unpaired) electrons. The van der Waals surface area contributed by atoms with Crippen LogP contribution in [0.4, 0.5) is 4.39 Å². The molecule has 39 heavy (non-hydrogen) atoms. The van der Waals surface area contributed by atoms with E-state index in [1.807, 2.05) is 47.7 Å². The van der Waals surface area contributed by atoms with Gasteiger partial charge in [-0.15, -0.1) is 45.3 Å². The summed E-state index contributed by atoms with van der Waals surface area (Å²) >= 11 is 6.36. The van der Waals surface area contributed by atoms with Crippen LogP contribution in [-0.2, 0) is 4.74 Å². The summed E-state index contributed by atoms with van der Waals surface area (Å²) in [5.74, 6) is -1.13. The third kappa shape index (κ3) is 3.79. The molecular formula is C32H21FO2S4. The lowest BCUT2D eigenvalue weighted by atomic mass is 10.0. The van der Waals surface area contributed by atoms with Gasteiger partial charge in [0.1, 0.15) is 4.88 Å². The molecule has 0 unspecified atom stereocenters. The molecule has 0 saturated heterocycles. The van der Waals surface area contributed by atoms with Gasteiger partial charge in [0.15, 0.2) is 5.82 Å². The van der Waals surface area contributed by atoms with Crippen molar-refractivity contribution in [2.75, 3.05) is 7.11 Å². The van der Waals surface area contributed by atoms with Crippen LogP contribution in [0.1, 0.15) is 20.8 Å². The Morgan fingerprint density at radius 3 is 1.87 bits per heavy atom. The molecular weight excluding hydrogens is 564 g/mol. The first-order valence-corrected chi connectivity index (χ1v) is 15.6. The maximum absolute atomic E-state index is 15.7. The van der Waals surface area contributed by atoms with Crippen molar-refractivity contribution in [3.05, 3.63) is 94.6 Å². The highest BCUT2D eigenvalue weighted by molar-refractivity contribution is 7.32.